The van der Waals surface area contributed by atoms with Crippen molar-refractivity contribution in [2.24, 2.45) is 0 Å². The fraction of sp³-hybridized carbons (Fsp3) is 0.417. The molecule has 2 atom stereocenters. The van der Waals surface area contributed by atoms with E-state index in [0.29, 0.717) is 0 Å². The maximum absolute atomic E-state index is 13.4. The number of carbonyl (C=O) groups is 1. The van der Waals surface area contributed by atoms with Crippen LogP contribution in [0.15, 0.2) is 30.3 Å². The van der Waals surface area contributed by atoms with E-state index in [2.05, 4.69) is 0 Å². The van der Waals surface area contributed by atoms with Crippen molar-refractivity contribution in [3.63, 3.8) is 0 Å². The highest BCUT2D eigenvalue weighted by molar-refractivity contribution is 5.73. The molecule has 0 spiro atoms. The van der Waals surface area contributed by atoms with Crippen LogP contribution in [-0.4, -0.2) is 28.0 Å². The van der Waals surface area contributed by atoms with E-state index in [1.54, 1.807) is 37.3 Å². The zero-order valence-corrected chi connectivity index (χ0v) is 9.06. The van der Waals surface area contributed by atoms with E-state index in [0.717, 1.165) is 5.56 Å². The van der Waals surface area contributed by atoms with E-state index in [1.807, 2.05) is 0 Å². The third-order valence-corrected chi connectivity index (χ3v) is 2.65. The second kappa shape index (κ2) is 5.07. The zero-order valence-electron chi connectivity index (χ0n) is 9.06. The van der Waals surface area contributed by atoms with Crippen molar-refractivity contribution in [2.45, 2.75) is 31.5 Å². The molecule has 0 radical (unpaired) electrons. The number of aliphatic hydroxyl groups is 1. The first kappa shape index (κ1) is 12.6. The lowest BCUT2D eigenvalue weighted by atomic mass is 9.87. The van der Waals surface area contributed by atoms with Crippen LogP contribution in [0.3, 0.4) is 0 Å². The van der Waals surface area contributed by atoms with Gasteiger partial charge in [0.1, 0.15) is 5.60 Å². The van der Waals surface area contributed by atoms with Gasteiger partial charge in [-0.1, -0.05) is 37.3 Å². The summed E-state index contributed by atoms with van der Waals surface area (Å²) in [7, 11) is 0. The summed E-state index contributed by atoms with van der Waals surface area (Å²) in [5, 5.41) is 18.5. The first-order valence-corrected chi connectivity index (χ1v) is 5.13. The molecule has 16 heavy (non-hydrogen) atoms. The molecule has 1 aromatic carbocycles. The standard InChI is InChI=1S/C12H15FO3/c1-2-12(16,10(13)11(14)15)8-9-6-4-3-5-7-9/h3-7,10,16H,2,8H2,1H3,(H,14,15). The highest BCUT2D eigenvalue weighted by Crippen LogP contribution is 2.24. The summed E-state index contributed by atoms with van der Waals surface area (Å²) in [5.74, 6) is -1.62. The second-order valence-corrected chi connectivity index (χ2v) is 3.82. The molecule has 2 unspecified atom stereocenters. The smallest absolute Gasteiger partial charge is 0.341 e. The molecule has 0 aliphatic heterocycles. The Morgan fingerprint density at radius 2 is 2.00 bits per heavy atom. The molecule has 0 heterocycles. The predicted octanol–water partition coefficient (Wildman–Crippen LogP) is 1.79. The molecule has 88 valence electrons. The van der Waals surface area contributed by atoms with E-state index in [4.69, 9.17) is 5.11 Å². The maximum Gasteiger partial charge on any atom is 0.341 e. The van der Waals surface area contributed by atoms with Crippen LogP contribution in [0.2, 0.25) is 0 Å². The van der Waals surface area contributed by atoms with Crippen LogP contribution >= 0.6 is 0 Å². The number of halogens is 1. The second-order valence-electron chi connectivity index (χ2n) is 3.82. The van der Waals surface area contributed by atoms with Crippen molar-refractivity contribution < 1.29 is 19.4 Å². The summed E-state index contributed by atoms with van der Waals surface area (Å²) >= 11 is 0. The Labute approximate surface area is 93.5 Å². The van der Waals surface area contributed by atoms with Gasteiger partial charge >= 0.3 is 5.97 Å². The lowest BCUT2D eigenvalue weighted by molar-refractivity contribution is -0.154. The molecule has 1 aromatic rings. The number of hydrogen-bond acceptors (Lipinski definition) is 2. The monoisotopic (exact) mass is 226 g/mol. The van der Waals surface area contributed by atoms with Gasteiger partial charge in [0.15, 0.2) is 0 Å². The van der Waals surface area contributed by atoms with E-state index in [1.165, 1.54) is 0 Å². The molecule has 0 aromatic heterocycles. The predicted molar refractivity (Wildman–Crippen MR) is 57.9 cm³/mol. The van der Waals surface area contributed by atoms with Crippen LogP contribution in [0.4, 0.5) is 4.39 Å². The molecule has 0 saturated carbocycles. The van der Waals surface area contributed by atoms with Crippen molar-refractivity contribution in [3.05, 3.63) is 35.9 Å². The van der Waals surface area contributed by atoms with Crippen molar-refractivity contribution in [2.75, 3.05) is 0 Å². The Bertz CT molecular complexity index is 353. The van der Waals surface area contributed by atoms with E-state index in [-0.39, 0.29) is 12.8 Å². The lowest BCUT2D eigenvalue weighted by Crippen LogP contribution is -2.45. The van der Waals surface area contributed by atoms with Gasteiger partial charge in [0.2, 0.25) is 6.17 Å². The van der Waals surface area contributed by atoms with Gasteiger partial charge in [-0.25, -0.2) is 9.18 Å². The largest absolute Gasteiger partial charge is 0.479 e. The molecular formula is C12H15FO3. The minimum Gasteiger partial charge on any atom is -0.479 e. The third kappa shape index (κ3) is 2.79. The van der Waals surface area contributed by atoms with Gasteiger partial charge in [0, 0.05) is 6.42 Å². The Morgan fingerprint density at radius 3 is 2.44 bits per heavy atom. The Balaban J connectivity index is 2.86. The molecule has 3 nitrogen and oxygen atoms in total. The van der Waals surface area contributed by atoms with E-state index < -0.39 is 17.7 Å². The van der Waals surface area contributed by atoms with Crippen molar-refractivity contribution in [1.82, 2.24) is 0 Å². The van der Waals surface area contributed by atoms with Gasteiger partial charge in [-0.3, -0.25) is 0 Å². The first-order chi connectivity index (χ1) is 7.49. The fourth-order valence-corrected chi connectivity index (χ4v) is 1.57. The van der Waals surface area contributed by atoms with Crippen molar-refractivity contribution in [1.29, 1.82) is 0 Å². The number of carboxylic acids is 1. The van der Waals surface area contributed by atoms with Crippen molar-refractivity contribution >= 4 is 5.97 Å². The maximum atomic E-state index is 13.4. The van der Waals surface area contributed by atoms with Gasteiger partial charge in [0.25, 0.3) is 0 Å². The van der Waals surface area contributed by atoms with E-state index >= 15 is 0 Å². The van der Waals surface area contributed by atoms with Crippen LogP contribution in [0.5, 0.6) is 0 Å². The molecule has 0 aliphatic carbocycles. The molecule has 2 N–H and O–H groups in total. The normalized spacial score (nSPS) is 16.4. The minimum absolute atomic E-state index is 0.00218. The fourth-order valence-electron chi connectivity index (χ4n) is 1.57. The molecule has 0 amide bonds. The number of rotatable bonds is 5. The highest BCUT2D eigenvalue weighted by Gasteiger charge is 2.40. The number of hydrogen-bond donors (Lipinski definition) is 2. The quantitative estimate of drug-likeness (QED) is 0.804. The van der Waals surface area contributed by atoms with Crippen molar-refractivity contribution in [3.8, 4) is 0 Å². The topological polar surface area (TPSA) is 57.5 Å². The summed E-state index contributed by atoms with van der Waals surface area (Å²) in [5.41, 5.74) is -1.12. The van der Waals surface area contributed by atoms with Crippen LogP contribution in [0, 0.1) is 0 Å². The highest BCUT2D eigenvalue weighted by atomic mass is 19.1. The van der Waals surface area contributed by atoms with Crippen LogP contribution < -0.4 is 0 Å². The molecule has 0 bridgehead atoms. The van der Waals surface area contributed by atoms with Crippen LogP contribution in [0.25, 0.3) is 0 Å². The minimum atomic E-state index is -2.27. The SMILES string of the molecule is CCC(O)(Cc1ccccc1)C(F)C(=O)O. The lowest BCUT2D eigenvalue weighted by Gasteiger charge is -2.28. The summed E-state index contributed by atoms with van der Waals surface area (Å²) in [4.78, 5) is 10.6. The number of benzene rings is 1. The molecular weight excluding hydrogens is 211 g/mol. The van der Waals surface area contributed by atoms with Gasteiger partial charge in [0.05, 0.1) is 0 Å². The molecule has 0 fully saturated rings. The molecule has 0 saturated heterocycles. The molecule has 1 rings (SSSR count). The Hall–Kier alpha value is -1.42. The number of aliphatic carboxylic acids is 1. The number of carboxylic acid groups (broad SMARTS) is 1. The Morgan fingerprint density at radius 1 is 1.44 bits per heavy atom. The Kier molecular flexibility index (Phi) is 4.01. The summed E-state index contributed by atoms with van der Waals surface area (Å²) < 4.78 is 13.4. The van der Waals surface area contributed by atoms with E-state index in [9.17, 15) is 14.3 Å². The molecule has 4 heteroatoms. The summed E-state index contributed by atoms with van der Waals surface area (Å²) in [6.07, 6.45) is -2.22. The summed E-state index contributed by atoms with van der Waals surface area (Å²) in [6.45, 7) is 1.57. The average Bonchev–Trinajstić information content (AvgIpc) is 2.29. The van der Waals surface area contributed by atoms with Gasteiger partial charge < -0.3 is 10.2 Å². The molecule has 0 aliphatic rings. The number of alkyl halides is 1. The average molecular weight is 226 g/mol. The summed E-state index contributed by atoms with van der Waals surface area (Å²) in [6, 6.07) is 8.79. The van der Waals surface area contributed by atoms with Gasteiger partial charge in [-0.05, 0) is 12.0 Å². The van der Waals surface area contributed by atoms with Gasteiger partial charge in [-0.2, -0.15) is 0 Å². The zero-order chi connectivity index (χ0) is 12.2. The van der Waals surface area contributed by atoms with Crippen LogP contribution in [-0.2, 0) is 11.2 Å². The first-order valence-electron chi connectivity index (χ1n) is 5.13. The third-order valence-electron chi connectivity index (χ3n) is 2.65. The van der Waals surface area contributed by atoms with Crippen LogP contribution in [0.1, 0.15) is 18.9 Å². The van der Waals surface area contributed by atoms with Gasteiger partial charge in [-0.15, -0.1) is 0 Å².